The van der Waals surface area contributed by atoms with E-state index in [4.69, 9.17) is 9.47 Å². The van der Waals surface area contributed by atoms with Gasteiger partial charge in [-0.15, -0.1) is 0 Å². The van der Waals surface area contributed by atoms with Crippen molar-refractivity contribution in [2.24, 2.45) is 5.41 Å². The van der Waals surface area contributed by atoms with Gasteiger partial charge < -0.3 is 9.47 Å². The van der Waals surface area contributed by atoms with Crippen molar-refractivity contribution in [1.29, 1.82) is 0 Å². The lowest BCUT2D eigenvalue weighted by atomic mass is 9.88. The summed E-state index contributed by atoms with van der Waals surface area (Å²) in [5, 5.41) is 0. The maximum atomic E-state index is 5.33. The molecule has 90 valence electrons. The number of benzene rings is 1. The molecule has 0 radical (unpaired) electrons. The molecule has 2 heteroatoms. The summed E-state index contributed by atoms with van der Waals surface area (Å²) in [6, 6.07) is 6.18. The molecule has 16 heavy (non-hydrogen) atoms. The molecule has 2 nitrogen and oxygen atoms in total. The van der Waals surface area contributed by atoms with Gasteiger partial charge in [0.25, 0.3) is 0 Å². The predicted molar refractivity (Wildman–Crippen MR) is 67.1 cm³/mol. The van der Waals surface area contributed by atoms with Crippen LogP contribution in [0, 0.1) is 5.41 Å². The van der Waals surface area contributed by atoms with E-state index in [9.17, 15) is 0 Å². The fraction of sp³-hybridized carbons (Fsp3) is 0.571. The molecule has 0 fully saturated rings. The van der Waals surface area contributed by atoms with Gasteiger partial charge in [0.1, 0.15) is 0 Å². The minimum absolute atomic E-state index is 0.313. The summed E-state index contributed by atoms with van der Waals surface area (Å²) in [7, 11) is 0. The van der Waals surface area contributed by atoms with E-state index in [2.05, 4.69) is 32.9 Å². The SMILES string of the molecule is CC.CC(C)(C)Cc1ccc2c(c1)OCO2. The molecule has 0 N–H and O–H groups in total. The van der Waals surface area contributed by atoms with Gasteiger partial charge in [-0.05, 0) is 29.5 Å². The Morgan fingerprint density at radius 2 is 1.69 bits per heavy atom. The van der Waals surface area contributed by atoms with Gasteiger partial charge in [-0.25, -0.2) is 0 Å². The standard InChI is InChI=1S/C12H16O2.C2H6/c1-12(2,3)7-9-4-5-10-11(6-9)14-8-13-10;1-2/h4-6H,7-8H2,1-3H3;1-2H3. The van der Waals surface area contributed by atoms with E-state index in [1.165, 1.54) is 5.56 Å². The van der Waals surface area contributed by atoms with Gasteiger partial charge in [-0.2, -0.15) is 0 Å². The second kappa shape index (κ2) is 5.24. The highest BCUT2D eigenvalue weighted by Crippen LogP contribution is 2.34. The number of hydrogen-bond donors (Lipinski definition) is 0. The molecular formula is C14H22O2. The van der Waals surface area contributed by atoms with Gasteiger partial charge in [0.15, 0.2) is 11.5 Å². The first-order chi connectivity index (χ1) is 7.54. The zero-order valence-electron chi connectivity index (χ0n) is 11.0. The van der Waals surface area contributed by atoms with E-state index in [0.29, 0.717) is 12.2 Å². The van der Waals surface area contributed by atoms with Crippen molar-refractivity contribution in [3.05, 3.63) is 23.8 Å². The van der Waals surface area contributed by atoms with Crippen LogP contribution in [0.4, 0.5) is 0 Å². The minimum Gasteiger partial charge on any atom is -0.454 e. The fourth-order valence-electron chi connectivity index (χ4n) is 1.66. The van der Waals surface area contributed by atoms with Crippen LogP contribution in [-0.2, 0) is 6.42 Å². The molecule has 1 heterocycles. The Hall–Kier alpha value is -1.18. The van der Waals surface area contributed by atoms with Crippen LogP contribution in [0.25, 0.3) is 0 Å². The Kier molecular flexibility index (Phi) is 4.22. The molecule has 1 aliphatic rings. The molecule has 0 amide bonds. The lowest BCUT2D eigenvalue weighted by Crippen LogP contribution is -2.08. The lowest BCUT2D eigenvalue weighted by molar-refractivity contribution is 0.174. The number of fused-ring (bicyclic) bond motifs is 1. The van der Waals surface area contributed by atoms with Gasteiger partial charge in [0.05, 0.1) is 0 Å². The van der Waals surface area contributed by atoms with Gasteiger partial charge in [0, 0.05) is 0 Å². The van der Waals surface area contributed by atoms with Crippen LogP contribution in [-0.4, -0.2) is 6.79 Å². The van der Waals surface area contributed by atoms with Crippen LogP contribution in [0.5, 0.6) is 11.5 Å². The van der Waals surface area contributed by atoms with Crippen LogP contribution in [0.1, 0.15) is 40.2 Å². The second-order valence-electron chi connectivity index (χ2n) is 4.93. The Morgan fingerprint density at radius 1 is 1.06 bits per heavy atom. The normalized spacial score (nSPS) is 13.1. The topological polar surface area (TPSA) is 18.5 Å². The van der Waals surface area contributed by atoms with E-state index >= 15 is 0 Å². The maximum Gasteiger partial charge on any atom is 0.231 e. The minimum atomic E-state index is 0.313. The second-order valence-corrected chi connectivity index (χ2v) is 4.93. The van der Waals surface area contributed by atoms with E-state index in [-0.39, 0.29) is 0 Å². The van der Waals surface area contributed by atoms with Crippen LogP contribution in [0.2, 0.25) is 0 Å². The zero-order valence-corrected chi connectivity index (χ0v) is 11.0. The van der Waals surface area contributed by atoms with Crippen LogP contribution >= 0.6 is 0 Å². The van der Waals surface area contributed by atoms with E-state index < -0.39 is 0 Å². The molecule has 0 saturated carbocycles. The molecule has 0 unspecified atom stereocenters. The van der Waals surface area contributed by atoms with E-state index in [1.54, 1.807) is 0 Å². The quantitative estimate of drug-likeness (QED) is 0.714. The summed E-state index contributed by atoms with van der Waals surface area (Å²) < 4.78 is 10.6. The third-order valence-electron chi connectivity index (χ3n) is 2.17. The first-order valence-corrected chi connectivity index (χ1v) is 5.93. The fourth-order valence-corrected chi connectivity index (χ4v) is 1.66. The van der Waals surface area contributed by atoms with Gasteiger partial charge >= 0.3 is 0 Å². The summed E-state index contributed by atoms with van der Waals surface area (Å²) >= 11 is 0. The lowest BCUT2D eigenvalue weighted by Gasteiger charge is -2.18. The van der Waals surface area contributed by atoms with Crippen molar-refractivity contribution in [3.63, 3.8) is 0 Å². The van der Waals surface area contributed by atoms with Crippen molar-refractivity contribution in [3.8, 4) is 11.5 Å². The van der Waals surface area contributed by atoms with Crippen molar-refractivity contribution < 1.29 is 9.47 Å². The largest absolute Gasteiger partial charge is 0.454 e. The predicted octanol–water partition coefficient (Wildman–Crippen LogP) is 4.03. The highest BCUT2D eigenvalue weighted by molar-refractivity contribution is 5.44. The highest BCUT2D eigenvalue weighted by Gasteiger charge is 2.16. The average molecular weight is 222 g/mol. The molecule has 1 aromatic rings. The molecule has 0 spiro atoms. The molecule has 2 rings (SSSR count). The molecule has 1 aliphatic heterocycles. The molecule has 0 saturated heterocycles. The Morgan fingerprint density at radius 3 is 2.31 bits per heavy atom. The third kappa shape index (κ3) is 3.44. The Labute approximate surface area is 98.6 Å². The number of ether oxygens (including phenoxy) is 2. The molecule has 0 aromatic heterocycles. The van der Waals surface area contributed by atoms with E-state index in [0.717, 1.165) is 17.9 Å². The molecule has 0 atom stereocenters. The van der Waals surface area contributed by atoms with Crippen molar-refractivity contribution in [2.75, 3.05) is 6.79 Å². The van der Waals surface area contributed by atoms with Gasteiger partial charge in [-0.3, -0.25) is 0 Å². The third-order valence-corrected chi connectivity index (χ3v) is 2.17. The van der Waals surface area contributed by atoms with Gasteiger partial charge in [0.2, 0.25) is 6.79 Å². The van der Waals surface area contributed by atoms with Crippen molar-refractivity contribution in [2.45, 2.75) is 41.0 Å². The maximum absolute atomic E-state index is 5.33. The summed E-state index contributed by atoms with van der Waals surface area (Å²) in [6.45, 7) is 11.1. The molecule has 0 aliphatic carbocycles. The molecule has 0 bridgehead atoms. The summed E-state index contributed by atoms with van der Waals surface area (Å²) in [4.78, 5) is 0. The average Bonchev–Trinajstić information content (AvgIpc) is 2.65. The van der Waals surface area contributed by atoms with E-state index in [1.807, 2.05) is 19.9 Å². The molecular weight excluding hydrogens is 200 g/mol. The van der Waals surface area contributed by atoms with Crippen molar-refractivity contribution in [1.82, 2.24) is 0 Å². The number of hydrogen-bond acceptors (Lipinski definition) is 2. The van der Waals surface area contributed by atoms with Crippen LogP contribution in [0.3, 0.4) is 0 Å². The smallest absolute Gasteiger partial charge is 0.231 e. The van der Waals surface area contributed by atoms with Crippen LogP contribution in [0.15, 0.2) is 18.2 Å². The number of rotatable bonds is 1. The summed E-state index contributed by atoms with van der Waals surface area (Å²) in [6.07, 6.45) is 1.06. The molecule has 1 aromatic carbocycles. The van der Waals surface area contributed by atoms with Crippen molar-refractivity contribution >= 4 is 0 Å². The highest BCUT2D eigenvalue weighted by atomic mass is 16.7. The summed E-state index contributed by atoms with van der Waals surface area (Å²) in [5.74, 6) is 1.74. The Balaban J connectivity index is 0.000000606. The first-order valence-electron chi connectivity index (χ1n) is 5.93. The van der Waals surface area contributed by atoms with Crippen LogP contribution < -0.4 is 9.47 Å². The van der Waals surface area contributed by atoms with Gasteiger partial charge in [-0.1, -0.05) is 40.7 Å². The zero-order chi connectivity index (χ0) is 12.2. The first kappa shape index (κ1) is 12.9. The monoisotopic (exact) mass is 222 g/mol. The summed E-state index contributed by atoms with van der Waals surface area (Å²) in [5.41, 5.74) is 1.62. The Bertz CT molecular complexity index is 337.